The monoisotopic (exact) mass is 407 g/mol. The largest absolute Gasteiger partial charge is 0.480 e. The summed E-state index contributed by atoms with van der Waals surface area (Å²) in [5.74, 6) is -0.959. The number of aliphatic hydroxyl groups is 1. The SMILES string of the molecule is CC(C)C[C@H](NC(=O)[C@H](Cc1ccccc1)NCC(O)[C@@H](N)CC(C)C)C(=O)O. The molecule has 0 aliphatic heterocycles. The molecule has 7 nitrogen and oxygen atoms in total. The molecule has 164 valence electrons. The second kappa shape index (κ2) is 12.6. The first-order valence-electron chi connectivity index (χ1n) is 10.3. The van der Waals surface area contributed by atoms with Crippen molar-refractivity contribution < 1.29 is 19.8 Å². The van der Waals surface area contributed by atoms with Gasteiger partial charge in [0.1, 0.15) is 6.04 Å². The minimum atomic E-state index is -1.05. The zero-order valence-corrected chi connectivity index (χ0v) is 18.0. The second-order valence-corrected chi connectivity index (χ2v) is 8.54. The van der Waals surface area contributed by atoms with Crippen molar-refractivity contribution in [1.29, 1.82) is 0 Å². The molecular weight excluding hydrogens is 370 g/mol. The van der Waals surface area contributed by atoms with Gasteiger partial charge in [-0.05, 0) is 36.7 Å². The number of hydrogen-bond donors (Lipinski definition) is 5. The summed E-state index contributed by atoms with van der Waals surface area (Å²) in [6.45, 7) is 8.04. The van der Waals surface area contributed by atoms with Gasteiger partial charge in [0.15, 0.2) is 0 Å². The number of aliphatic carboxylic acids is 1. The first-order chi connectivity index (χ1) is 13.6. The topological polar surface area (TPSA) is 125 Å². The molecule has 1 aromatic rings. The highest BCUT2D eigenvalue weighted by Gasteiger charge is 2.27. The molecule has 0 bridgehead atoms. The van der Waals surface area contributed by atoms with Crippen LogP contribution in [0, 0.1) is 11.8 Å². The molecule has 0 spiro atoms. The molecule has 0 heterocycles. The van der Waals surface area contributed by atoms with Gasteiger partial charge >= 0.3 is 5.97 Å². The molecule has 1 amide bonds. The number of carboxylic acid groups (broad SMARTS) is 1. The van der Waals surface area contributed by atoms with Crippen LogP contribution < -0.4 is 16.4 Å². The zero-order valence-electron chi connectivity index (χ0n) is 18.0. The van der Waals surface area contributed by atoms with Crippen molar-refractivity contribution in [2.24, 2.45) is 17.6 Å². The molecule has 0 fully saturated rings. The van der Waals surface area contributed by atoms with Crippen molar-refractivity contribution >= 4 is 11.9 Å². The van der Waals surface area contributed by atoms with Crippen molar-refractivity contribution in [2.75, 3.05) is 6.54 Å². The van der Waals surface area contributed by atoms with Gasteiger partial charge in [-0.2, -0.15) is 0 Å². The molecular formula is C22H37N3O4. The summed E-state index contributed by atoms with van der Waals surface area (Å²) in [5, 5.41) is 25.5. The van der Waals surface area contributed by atoms with Crippen LogP contribution in [0.3, 0.4) is 0 Å². The van der Waals surface area contributed by atoms with Gasteiger partial charge in [-0.3, -0.25) is 4.79 Å². The van der Waals surface area contributed by atoms with E-state index in [1.54, 1.807) is 0 Å². The van der Waals surface area contributed by atoms with Gasteiger partial charge in [-0.15, -0.1) is 0 Å². The van der Waals surface area contributed by atoms with Crippen LogP contribution in [-0.4, -0.2) is 52.9 Å². The fourth-order valence-corrected chi connectivity index (χ4v) is 3.19. The van der Waals surface area contributed by atoms with E-state index in [2.05, 4.69) is 10.6 Å². The molecule has 29 heavy (non-hydrogen) atoms. The van der Waals surface area contributed by atoms with E-state index in [4.69, 9.17) is 5.73 Å². The number of benzene rings is 1. The van der Waals surface area contributed by atoms with Crippen LogP contribution in [0.4, 0.5) is 0 Å². The van der Waals surface area contributed by atoms with Crippen LogP contribution in [0.5, 0.6) is 0 Å². The summed E-state index contributed by atoms with van der Waals surface area (Å²) in [4.78, 5) is 24.4. The third-order valence-corrected chi connectivity index (χ3v) is 4.73. The molecule has 0 radical (unpaired) electrons. The molecule has 6 N–H and O–H groups in total. The first-order valence-corrected chi connectivity index (χ1v) is 10.3. The third-order valence-electron chi connectivity index (χ3n) is 4.73. The summed E-state index contributed by atoms with van der Waals surface area (Å²) < 4.78 is 0. The normalized spacial score (nSPS) is 15.7. The minimum absolute atomic E-state index is 0.132. The lowest BCUT2D eigenvalue weighted by atomic mass is 9.99. The van der Waals surface area contributed by atoms with E-state index in [9.17, 15) is 19.8 Å². The van der Waals surface area contributed by atoms with Gasteiger partial charge in [-0.25, -0.2) is 4.79 Å². The van der Waals surface area contributed by atoms with Crippen LogP contribution in [0.25, 0.3) is 0 Å². The van der Waals surface area contributed by atoms with Gasteiger partial charge in [0.25, 0.3) is 0 Å². The summed E-state index contributed by atoms with van der Waals surface area (Å²) in [7, 11) is 0. The van der Waals surface area contributed by atoms with E-state index in [0.717, 1.165) is 5.56 Å². The van der Waals surface area contributed by atoms with E-state index in [1.807, 2.05) is 58.0 Å². The third kappa shape index (κ3) is 9.87. The number of rotatable bonds is 13. The number of nitrogens with one attached hydrogen (secondary N) is 2. The molecule has 0 saturated heterocycles. The maximum Gasteiger partial charge on any atom is 0.326 e. The fourth-order valence-electron chi connectivity index (χ4n) is 3.19. The van der Waals surface area contributed by atoms with E-state index < -0.39 is 36.1 Å². The number of aliphatic hydroxyl groups excluding tert-OH is 1. The Balaban J connectivity index is 2.84. The van der Waals surface area contributed by atoms with Gasteiger partial charge in [0.2, 0.25) is 5.91 Å². The Labute approximate surface area is 174 Å². The number of carbonyl (C=O) groups is 2. The molecule has 1 rings (SSSR count). The molecule has 0 aliphatic carbocycles. The van der Waals surface area contributed by atoms with Crippen molar-refractivity contribution in [1.82, 2.24) is 10.6 Å². The molecule has 4 atom stereocenters. The van der Waals surface area contributed by atoms with E-state index in [-0.39, 0.29) is 12.5 Å². The van der Waals surface area contributed by atoms with Crippen LogP contribution in [0.2, 0.25) is 0 Å². The van der Waals surface area contributed by atoms with Crippen molar-refractivity contribution in [3.05, 3.63) is 35.9 Å². The average molecular weight is 408 g/mol. The maximum atomic E-state index is 12.9. The van der Waals surface area contributed by atoms with Gasteiger partial charge < -0.3 is 26.6 Å². The maximum absolute atomic E-state index is 12.9. The lowest BCUT2D eigenvalue weighted by Crippen LogP contribution is -2.54. The Morgan fingerprint density at radius 2 is 1.59 bits per heavy atom. The van der Waals surface area contributed by atoms with Gasteiger partial charge in [0, 0.05) is 12.6 Å². The van der Waals surface area contributed by atoms with Gasteiger partial charge in [-0.1, -0.05) is 58.0 Å². The number of nitrogens with two attached hydrogens (primary N) is 1. The summed E-state index contributed by atoms with van der Waals surface area (Å²) in [5.41, 5.74) is 6.98. The molecule has 0 aliphatic rings. The van der Waals surface area contributed by atoms with Crippen molar-refractivity contribution in [3.63, 3.8) is 0 Å². The van der Waals surface area contributed by atoms with E-state index in [0.29, 0.717) is 25.2 Å². The number of hydrogen-bond acceptors (Lipinski definition) is 5. The Morgan fingerprint density at radius 1 is 1.00 bits per heavy atom. The fraction of sp³-hybridized carbons (Fsp3) is 0.636. The van der Waals surface area contributed by atoms with E-state index in [1.165, 1.54) is 0 Å². The van der Waals surface area contributed by atoms with Crippen LogP contribution in [-0.2, 0) is 16.0 Å². The molecule has 1 unspecified atom stereocenters. The predicted octanol–water partition coefficient (Wildman–Crippen LogP) is 1.54. The molecule has 0 aromatic heterocycles. The highest BCUT2D eigenvalue weighted by molar-refractivity contribution is 5.87. The predicted molar refractivity (Wildman–Crippen MR) is 114 cm³/mol. The van der Waals surface area contributed by atoms with Gasteiger partial charge in [0.05, 0.1) is 12.1 Å². The standard InChI is InChI=1S/C22H37N3O4/c1-14(2)10-17(23)20(26)13-24-18(12-16-8-6-5-7-9-16)21(27)25-19(22(28)29)11-15(3)4/h5-9,14-15,17-20,24,26H,10-13,23H2,1-4H3,(H,25,27)(H,28,29)/t17-,18-,19-,20?/m0/s1. The van der Waals surface area contributed by atoms with Crippen LogP contribution >= 0.6 is 0 Å². The highest BCUT2D eigenvalue weighted by Crippen LogP contribution is 2.09. The lowest BCUT2D eigenvalue weighted by Gasteiger charge is -2.26. The van der Waals surface area contributed by atoms with E-state index >= 15 is 0 Å². The Hall–Kier alpha value is -1.96. The summed E-state index contributed by atoms with van der Waals surface area (Å²) in [6.07, 6.45) is 0.608. The zero-order chi connectivity index (χ0) is 22.0. The molecule has 0 saturated carbocycles. The summed E-state index contributed by atoms with van der Waals surface area (Å²) in [6, 6.07) is 7.47. The number of carbonyl (C=O) groups excluding carboxylic acids is 1. The number of carboxylic acids is 1. The smallest absolute Gasteiger partial charge is 0.326 e. The Bertz CT molecular complexity index is 622. The van der Waals surface area contributed by atoms with Crippen molar-refractivity contribution in [2.45, 2.75) is 71.2 Å². The number of amides is 1. The second-order valence-electron chi connectivity index (χ2n) is 8.54. The average Bonchev–Trinajstić information content (AvgIpc) is 2.63. The Morgan fingerprint density at radius 3 is 2.10 bits per heavy atom. The Kier molecular flexibility index (Phi) is 10.9. The first kappa shape index (κ1) is 25.1. The van der Waals surface area contributed by atoms with Crippen molar-refractivity contribution in [3.8, 4) is 0 Å². The quantitative estimate of drug-likeness (QED) is 0.338. The highest BCUT2D eigenvalue weighted by atomic mass is 16.4. The molecule has 7 heteroatoms. The minimum Gasteiger partial charge on any atom is -0.480 e. The molecule has 1 aromatic carbocycles. The lowest BCUT2D eigenvalue weighted by molar-refractivity contribution is -0.142. The summed E-state index contributed by atoms with van der Waals surface area (Å²) >= 11 is 0. The van der Waals surface area contributed by atoms with Crippen LogP contribution in [0.15, 0.2) is 30.3 Å². The van der Waals surface area contributed by atoms with Crippen LogP contribution in [0.1, 0.15) is 46.1 Å².